The quantitative estimate of drug-likeness (QED) is 0.887. The molecule has 1 heterocycles. The number of para-hydroxylation sites is 1. The summed E-state index contributed by atoms with van der Waals surface area (Å²) < 4.78 is 1.64. The van der Waals surface area contributed by atoms with Crippen molar-refractivity contribution in [3.05, 3.63) is 41.2 Å². The number of hydrogen-bond acceptors (Lipinski definition) is 3. The molecule has 1 aromatic carbocycles. The molecular formula is C16H22N4O. The normalized spacial score (nSPS) is 10.6. The Bertz CT molecular complexity index is 646. The summed E-state index contributed by atoms with van der Waals surface area (Å²) in [5, 5.41) is 7.24. The average Bonchev–Trinajstić information content (AvgIpc) is 2.76. The lowest BCUT2D eigenvalue weighted by Gasteiger charge is -2.11. The standard InChI is InChI=1S/C16H22N4O/c1-4-8-12-9-6-7-10-13(12)18-16(21)15-14(17)11(3)19-20(15)5-2/h6-7,9-10H,4-5,8,17H2,1-3H3,(H,18,21). The molecule has 5 heteroatoms. The van der Waals surface area contributed by atoms with Crippen molar-refractivity contribution in [1.82, 2.24) is 9.78 Å². The lowest BCUT2D eigenvalue weighted by atomic mass is 10.1. The van der Waals surface area contributed by atoms with E-state index in [4.69, 9.17) is 5.73 Å². The third-order valence-corrected chi connectivity index (χ3v) is 3.47. The SMILES string of the molecule is CCCc1ccccc1NC(=O)c1c(N)c(C)nn1CC. The van der Waals surface area contributed by atoms with E-state index in [2.05, 4.69) is 17.3 Å². The molecule has 0 saturated heterocycles. The highest BCUT2D eigenvalue weighted by Gasteiger charge is 2.19. The third kappa shape index (κ3) is 3.07. The molecule has 0 spiro atoms. The van der Waals surface area contributed by atoms with Gasteiger partial charge in [-0.15, -0.1) is 0 Å². The van der Waals surface area contributed by atoms with Crippen molar-refractivity contribution in [3.8, 4) is 0 Å². The van der Waals surface area contributed by atoms with Gasteiger partial charge in [0.05, 0.1) is 11.4 Å². The summed E-state index contributed by atoms with van der Waals surface area (Å²) in [6.45, 7) is 6.47. The summed E-state index contributed by atoms with van der Waals surface area (Å²) in [7, 11) is 0. The summed E-state index contributed by atoms with van der Waals surface area (Å²) in [5.74, 6) is -0.210. The Morgan fingerprint density at radius 2 is 2.05 bits per heavy atom. The van der Waals surface area contributed by atoms with Crippen LogP contribution in [0.5, 0.6) is 0 Å². The molecule has 0 aliphatic rings. The van der Waals surface area contributed by atoms with Crippen LogP contribution in [0.4, 0.5) is 11.4 Å². The minimum atomic E-state index is -0.210. The van der Waals surface area contributed by atoms with Crippen molar-refractivity contribution < 1.29 is 4.79 Å². The highest BCUT2D eigenvalue weighted by molar-refractivity contribution is 6.07. The number of carbonyl (C=O) groups is 1. The van der Waals surface area contributed by atoms with Gasteiger partial charge in [-0.3, -0.25) is 9.48 Å². The first-order valence-electron chi connectivity index (χ1n) is 7.30. The maximum atomic E-state index is 12.5. The first-order chi connectivity index (χ1) is 10.1. The molecule has 5 nitrogen and oxygen atoms in total. The molecule has 2 aromatic rings. The number of anilines is 2. The fraction of sp³-hybridized carbons (Fsp3) is 0.375. The molecule has 1 amide bonds. The molecule has 0 atom stereocenters. The Morgan fingerprint density at radius 1 is 1.33 bits per heavy atom. The van der Waals surface area contributed by atoms with Crippen LogP contribution in [0.15, 0.2) is 24.3 Å². The maximum absolute atomic E-state index is 12.5. The second kappa shape index (κ2) is 6.43. The van der Waals surface area contributed by atoms with Crippen LogP contribution >= 0.6 is 0 Å². The van der Waals surface area contributed by atoms with Crippen LogP contribution in [0.2, 0.25) is 0 Å². The number of nitrogens with two attached hydrogens (primary N) is 1. The van der Waals surface area contributed by atoms with Gasteiger partial charge in [0.2, 0.25) is 0 Å². The number of rotatable bonds is 5. The zero-order valence-electron chi connectivity index (χ0n) is 12.8. The minimum absolute atomic E-state index is 0.210. The molecule has 1 aromatic heterocycles. The van der Waals surface area contributed by atoms with Crippen molar-refractivity contribution in [2.24, 2.45) is 0 Å². The van der Waals surface area contributed by atoms with Crippen molar-refractivity contribution in [2.75, 3.05) is 11.1 Å². The van der Waals surface area contributed by atoms with E-state index < -0.39 is 0 Å². The van der Waals surface area contributed by atoms with Crippen LogP contribution in [0.3, 0.4) is 0 Å². The number of aromatic nitrogens is 2. The average molecular weight is 286 g/mol. The van der Waals surface area contributed by atoms with Gasteiger partial charge in [-0.1, -0.05) is 31.5 Å². The number of benzene rings is 1. The predicted molar refractivity (Wildman–Crippen MR) is 85.4 cm³/mol. The number of hydrogen-bond donors (Lipinski definition) is 2. The van der Waals surface area contributed by atoms with Gasteiger partial charge in [0.15, 0.2) is 0 Å². The van der Waals surface area contributed by atoms with Crippen molar-refractivity contribution in [2.45, 2.75) is 40.2 Å². The van der Waals surface area contributed by atoms with Gasteiger partial charge in [0, 0.05) is 12.2 Å². The Hall–Kier alpha value is -2.30. The van der Waals surface area contributed by atoms with Gasteiger partial charge in [-0.25, -0.2) is 0 Å². The van der Waals surface area contributed by atoms with Gasteiger partial charge >= 0.3 is 0 Å². The molecule has 0 bridgehead atoms. The largest absolute Gasteiger partial charge is 0.395 e. The molecule has 2 rings (SSSR count). The summed E-state index contributed by atoms with van der Waals surface area (Å²) >= 11 is 0. The number of carbonyl (C=O) groups excluding carboxylic acids is 1. The number of nitrogen functional groups attached to an aromatic ring is 1. The van der Waals surface area contributed by atoms with E-state index >= 15 is 0 Å². The van der Waals surface area contributed by atoms with Crippen molar-refractivity contribution in [1.29, 1.82) is 0 Å². The first kappa shape index (κ1) is 15.1. The smallest absolute Gasteiger partial charge is 0.276 e. The van der Waals surface area contributed by atoms with Crippen LogP contribution in [0, 0.1) is 6.92 Å². The fourth-order valence-corrected chi connectivity index (χ4v) is 2.37. The van der Waals surface area contributed by atoms with E-state index in [1.165, 1.54) is 0 Å². The molecule has 0 aliphatic heterocycles. The van der Waals surface area contributed by atoms with Gasteiger partial charge in [0.1, 0.15) is 5.69 Å². The van der Waals surface area contributed by atoms with Crippen LogP contribution < -0.4 is 11.1 Å². The van der Waals surface area contributed by atoms with Crippen molar-refractivity contribution >= 4 is 17.3 Å². The maximum Gasteiger partial charge on any atom is 0.276 e. The molecule has 0 fully saturated rings. The Morgan fingerprint density at radius 3 is 2.71 bits per heavy atom. The second-order valence-electron chi connectivity index (χ2n) is 5.02. The van der Waals surface area contributed by atoms with Gasteiger partial charge in [-0.05, 0) is 31.9 Å². The van der Waals surface area contributed by atoms with Gasteiger partial charge < -0.3 is 11.1 Å². The monoisotopic (exact) mass is 286 g/mol. The van der Waals surface area contributed by atoms with Crippen molar-refractivity contribution in [3.63, 3.8) is 0 Å². The Balaban J connectivity index is 2.31. The summed E-state index contributed by atoms with van der Waals surface area (Å²) in [6, 6.07) is 7.85. The Labute approximate surface area is 125 Å². The van der Waals surface area contributed by atoms with Crippen LogP contribution in [0.25, 0.3) is 0 Å². The van der Waals surface area contributed by atoms with E-state index in [-0.39, 0.29) is 5.91 Å². The van der Waals surface area contributed by atoms with E-state index in [1.54, 1.807) is 4.68 Å². The zero-order chi connectivity index (χ0) is 15.4. The molecule has 0 saturated carbocycles. The second-order valence-corrected chi connectivity index (χ2v) is 5.02. The highest BCUT2D eigenvalue weighted by Crippen LogP contribution is 2.21. The first-order valence-corrected chi connectivity index (χ1v) is 7.30. The summed E-state index contributed by atoms with van der Waals surface area (Å²) in [6.07, 6.45) is 1.96. The van der Waals surface area contributed by atoms with Gasteiger partial charge in [-0.2, -0.15) is 5.10 Å². The molecule has 0 unspecified atom stereocenters. The minimum Gasteiger partial charge on any atom is -0.395 e. The molecule has 21 heavy (non-hydrogen) atoms. The van der Waals surface area contributed by atoms with E-state index in [0.29, 0.717) is 23.6 Å². The number of amides is 1. The molecule has 112 valence electrons. The van der Waals surface area contributed by atoms with Crippen LogP contribution in [-0.4, -0.2) is 15.7 Å². The fourth-order valence-electron chi connectivity index (χ4n) is 2.37. The highest BCUT2D eigenvalue weighted by atomic mass is 16.2. The third-order valence-electron chi connectivity index (χ3n) is 3.47. The predicted octanol–water partition coefficient (Wildman–Crippen LogP) is 3.00. The zero-order valence-corrected chi connectivity index (χ0v) is 12.8. The molecule has 3 N–H and O–H groups in total. The van der Waals surface area contributed by atoms with E-state index in [1.807, 2.05) is 38.1 Å². The van der Waals surface area contributed by atoms with Gasteiger partial charge in [0.25, 0.3) is 5.91 Å². The number of nitrogens with one attached hydrogen (secondary N) is 1. The number of nitrogens with zero attached hydrogens (tertiary/aromatic N) is 2. The van der Waals surface area contributed by atoms with E-state index in [9.17, 15) is 4.79 Å². The lowest BCUT2D eigenvalue weighted by Crippen LogP contribution is -2.19. The van der Waals surface area contributed by atoms with Crippen LogP contribution in [0.1, 0.15) is 42.0 Å². The topological polar surface area (TPSA) is 72.9 Å². The molecule has 0 radical (unpaired) electrons. The number of aryl methyl sites for hydroxylation is 3. The lowest BCUT2D eigenvalue weighted by molar-refractivity contribution is 0.101. The molecular weight excluding hydrogens is 264 g/mol. The van der Waals surface area contributed by atoms with Crippen LogP contribution in [-0.2, 0) is 13.0 Å². The molecule has 0 aliphatic carbocycles. The Kier molecular flexibility index (Phi) is 4.62. The summed E-state index contributed by atoms with van der Waals surface area (Å²) in [4.78, 5) is 12.5. The van der Waals surface area contributed by atoms with E-state index in [0.717, 1.165) is 24.1 Å². The summed E-state index contributed by atoms with van der Waals surface area (Å²) in [5.41, 5.74) is 9.52.